The molecule has 1 saturated heterocycles. The van der Waals surface area contributed by atoms with Crippen LogP contribution in [0.4, 0.5) is 11.4 Å². The van der Waals surface area contributed by atoms with Crippen molar-refractivity contribution in [3.63, 3.8) is 0 Å². The lowest BCUT2D eigenvalue weighted by atomic mass is 10.1. The Hall–Kier alpha value is -3.45. The molecule has 0 aliphatic carbocycles. The summed E-state index contributed by atoms with van der Waals surface area (Å²) in [6.45, 7) is 4.12. The molecule has 1 amide bonds. The smallest absolute Gasteiger partial charge is 0.264 e. The Kier molecular flexibility index (Phi) is 8.60. The number of hydrogen-bond donors (Lipinski definition) is 1. The van der Waals surface area contributed by atoms with Gasteiger partial charge in [0, 0.05) is 18.8 Å². The van der Waals surface area contributed by atoms with Crippen LogP contribution >= 0.6 is 0 Å². The highest BCUT2D eigenvalue weighted by atomic mass is 32.2. The number of hydrogen-bond acceptors (Lipinski definition) is 7. The van der Waals surface area contributed by atoms with E-state index in [9.17, 15) is 21.6 Å². The standard InChI is InChI=1S/C27H31N3O7S2/c1-20-15-21(2)17-23(16-20)30(38(32,33)24-7-5-4-6-8-24)19-27(31)28-22-9-10-25(36-3)26(18-22)39(34,35)29-11-13-37-14-12-29/h4-10,15-18H,11-14,19H2,1-3H3,(H,28,31). The molecule has 3 aromatic rings. The van der Waals surface area contributed by atoms with Gasteiger partial charge in [-0.05, 0) is 67.4 Å². The average Bonchev–Trinajstić information content (AvgIpc) is 2.92. The van der Waals surface area contributed by atoms with E-state index >= 15 is 0 Å². The zero-order valence-corrected chi connectivity index (χ0v) is 23.6. The van der Waals surface area contributed by atoms with Gasteiger partial charge in [-0.1, -0.05) is 24.3 Å². The first-order valence-corrected chi connectivity index (χ1v) is 15.1. The molecule has 4 rings (SSSR count). The van der Waals surface area contributed by atoms with Crippen molar-refractivity contribution >= 4 is 37.3 Å². The predicted octanol–water partition coefficient (Wildman–Crippen LogP) is 3.17. The zero-order valence-electron chi connectivity index (χ0n) is 22.0. The van der Waals surface area contributed by atoms with Crippen LogP contribution in [0.15, 0.2) is 76.5 Å². The van der Waals surface area contributed by atoms with Gasteiger partial charge in [-0.2, -0.15) is 4.31 Å². The monoisotopic (exact) mass is 573 g/mol. The Morgan fingerprint density at radius 3 is 2.21 bits per heavy atom. The molecule has 1 aliphatic rings. The van der Waals surface area contributed by atoms with E-state index in [4.69, 9.17) is 9.47 Å². The fraction of sp³-hybridized carbons (Fsp3) is 0.296. The SMILES string of the molecule is COc1ccc(NC(=O)CN(c2cc(C)cc(C)c2)S(=O)(=O)c2ccccc2)cc1S(=O)(=O)N1CCOCC1. The number of morpholine rings is 1. The van der Waals surface area contributed by atoms with Crippen LogP contribution in [0.2, 0.25) is 0 Å². The number of rotatable bonds is 9. The van der Waals surface area contributed by atoms with Crippen molar-refractivity contribution in [3.8, 4) is 5.75 Å². The number of aryl methyl sites for hydroxylation is 2. The van der Waals surface area contributed by atoms with Gasteiger partial charge in [-0.25, -0.2) is 16.8 Å². The van der Waals surface area contributed by atoms with Crippen LogP contribution < -0.4 is 14.4 Å². The molecule has 0 unspecified atom stereocenters. The molecule has 3 aromatic carbocycles. The van der Waals surface area contributed by atoms with Crippen molar-refractivity contribution in [3.05, 3.63) is 77.9 Å². The van der Waals surface area contributed by atoms with Gasteiger partial charge in [-0.15, -0.1) is 0 Å². The lowest BCUT2D eigenvalue weighted by Gasteiger charge is -2.27. The number of benzene rings is 3. The summed E-state index contributed by atoms with van der Waals surface area (Å²) in [5.74, 6) is -0.517. The summed E-state index contributed by atoms with van der Waals surface area (Å²) in [4.78, 5) is 13.2. The summed E-state index contributed by atoms with van der Waals surface area (Å²) < 4.78 is 66.8. The van der Waals surface area contributed by atoms with Crippen LogP contribution in [0.1, 0.15) is 11.1 Å². The summed E-state index contributed by atoms with van der Waals surface area (Å²) in [6, 6.07) is 17.4. The number of methoxy groups -OCH3 is 1. The quantitative estimate of drug-likeness (QED) is 0.417. The molecule has 0 saturated carbocycles. The summed E-state index contributed by atoms with van der Waals surface area (Å²) in [5.41, 5.74) is 2.21. The lowest BCUT2D eigenvalue weighted by molar-refractivity contribution is -0.114. The molecule has 1 N–H and O–H groups in total. The third-order valence-corrected chi connectivity index (χ3v) is 9.86. The van der Waals surface area contributed by atoms with E-state index in [0.29, 0.717) is 5.69 Å². The van der Waals surface area contributed by atoms with Crippen LogP contribution in [0, 0.1) is 13.8 Å². The Balaban J connectivity index is 1.65. The largest absolute Gasteiger partial charge is 0.495 e. The highest BCUT2D eigenvalue weighted by molar-refractivity contribution is 7.92. The molecular weight excluding hydrogens is 542 g/mol. The molecule has 1 aliphatic heterocycles. The van der Waals surface area contributed by atoms with E-state index in [0.717, 1.165) is 15.4 Å². The van der Waals surface area contributed by atoms with Gasteiger partial charge in [0.2, 0.25) is 15.9 Å². The van der Waals surface area contributed by atoms with Gasteiger partial charge in [0.05, 0.1) is 30.9 Å². The van der Waals surface area contributed by atoms with Gasteiger partial charge >= 0.3 is 0 Å². The molecule has 1 heterocycles. The first-order valence-electron chi connectivity index (χ1n) is 12.2. The fourth-order valence-corrected chi connectivity index (χ4v) is 7.36. The molecule has 39 heavy (non-hydrogen) atoms. The van der Waals surface area contributed by atoms with Gasteiger partial charge in [-0.3, -0.25) is 9.10 Å². The number of sulfonamides is 2. The fourth-order valence-electron chi connectivity index (χ4n) is 4.34. The normalized spacial score (nSPS) is 14.5. The van der Waals surface area contributed by atoms with E-state index in [-0.39, 0.29) is 47.5 Å². The number of ether oxygens (including phenoxy) is 2. The predicted molar refractivity (Wildman–Crippen MR) is 148 cm³/mol. The van der Waals surface area contributed by atoms with Gasteiger partial charge in [0.15, 0.2) is 0 Å². The average molecular weight is 574 g/mol. The third kappa shape index (κ3) is 6.41. The van der Waals surface area contributed by atoms with Gasteiger partial charge in [0.25, 0.3) is 10.0 Å². The van der Waals surface area contributed by atoms with Crippen molar-refractivity contribution in [2.45, 2.75) is 23.6 Å². The van der Waals surface area contributed by atoms with Gasteiger partial charge in [0.1, 0.15) is 17.2 Å². The number of nitrogens with zero attached hydrogens (tertiary/aromatic N) is 2. The third-order valence-electron chi connectivity index (χ3n) is 6.15. The van der Waals surface area contributed by atoms with Crippen molar-refractivity contribution in [2.75, 3.05) is 49.6 Å². The van der Waals surface area contributed by atoms with Crippen LogP contribution in [0.5, 0.6) is 5.75 Å². The number of nitrogens with one attached hydrogen (secondary N) is 1. The van der Waals surface area contributed by atoms with Crippen molar-refractivity contribution in [2.24, 2.45) is 0 Å². The summed E-state index contributed by atoms with van der Waals surface area (Å²) >= 11 is 0. The number of anilines is 2. The molecule has 0 radical (unpaired) electrons. The van der Waals surface area contributed by atoms with E-state index in [1.807, 2.05) is 19.9 Å². The van der Waals surface area contributed by atoms with Crippen LogP contribution in [0.3, 0.4) is 0 Å². The van der Waals surface area contributed by atoms with E-state index in [1.165, 1.54) is 41.7 Å². The summed E-state index contributed by atoms with van der Waals surface area (Å²) in [5, 5.41) is 2.65. The summed E-state index contributed by atoms with van der Waals surface area (Å²) in [6.07, 6.45) is 0. The lowest BCUT2D eigenvalue weighted by Crippen LogP contribution is -2.40. The van der Waals surface area contributed by atoms with E-state index < -0.39 is 32.5 Å². The molecule has 12 heteroatoms. The topological polar surface area (TPSA) is 122 Å². The minimum Gasteiger partial charge on any atom is -0.495 e. The van der Waals surface area contributed by atoms with E-state index in [1.54, 1.807) is 30.3 Å². The van der Waals surface area contributed by atoms with Crippen molar-refractivity contribution in [1.82, 2.24) is 4.31 Å². The van der Waals surface area contributed by atoms with Crippen LogP contribution in [-0.2, 0) is 29.6 Å². The molecule has 0 aromatic heterocycles. The Bertz CT molecular complexity index is 1530. The van der Waals surface area contributed by atoms with Gasteiger partial charge < -0.3 is 14.8 Å². The van der Waals surface area contributed by atoms with Crippen LogP contribution in [0.25, 0.3) is 0 Å². The number of amides is 1. The first kappa shape index (κ1) is 28.6. The Morgan fingerprint density at radius 2 is 1.59 bits per heavy atom. The minimum absolute atomic E-state index is 0.0419. The van der Waals surface area contributed by atoms with Crippen molar-refractivity contribution in [1.29, 1.82) is 0 Å². The molecular formula is C27H31N3O7S2. The second-order valence-corrected chi connectivity index (χ2v) is 12.9. The molecule has 0 spiro atoms. The maximum atomic E-state index is 13.6. The molecule has 1 fully saturated rings. The zero-order chi connectivity index (χ0) is 28.2. The van der Waals surface area contributed by atoms with Crippen molar-refractivity contribution < 1.29 is 31.1 Å². The number of carbonyl (C=O) groups is 1. The first-order chi connectivity index (χ1) is 18.5. The van der Waals surface area contributed by atoms with E-state index in [2.05, 4.69) is 5.32 Å². The maximum absolute atomic E-state index is 13.6. The Labute approximate surface area is 229 Å². The molecule has 208 valence electrons. The second-order valence-electron chi connectivity index (χ2n) is 9.10. The number of carbonyl (C=O) groups excluding carboxylic acids is 1. The highest BCUT2D eigenvalue weighted by Crippen LogP contribution is 2.31. The molecule has 10 nitrogen and oxygen atoms in total. The second kappa shape index (κ2) is 11.7. The Morgan fingerprint density at radius 1 is 0.949 bits per heavy atom. The summed E-state index contributed by atoms with van der Waals surface area (Å²) in [7, 11) is -6.66. The maximum Gasteiger partial charge on any atom is 0.264 e. The minimum atomic E-state index is -4.09. The molecule has 0 atom stereocenters. The highest BCUT2D eigenvalue weighted by Gasteiger charge is 2.31. The molecule has 0 bridgehead atoms. The van der Waals surface area contributed by atoms with Crippen LogP contribution in [-0.4, -0.2) is 67.0 Å².